The molecule has 2 aromatic carbocycles. The molecule has 6 heterocycles. The molecule has 8 rings (SSSR count). The summed E-state index contributed by atoms with van der Waals surface area (Å²) in [4.78, 5) is 0. The lowest BCUT2D eigenvalue weighted by Crippen LogP contribution is -2.46. The highest BCUT2D eigenvalue weighted by atomic mass is 16.5. The fourth-order valence-electron chi connectivity index (χ4n) is 8.66. The average Bonchev–Trinajstić information content (AvgIpc) is 3.32. The van der Waals surface area contributed by atoms with Crippen molar-refractivity contribution in [1.29, 1.82) is 0 Å². The summed E-state index contributed by atoms with van der Waals surface area (Å²) in [5.74, 6) is 0. The molecule has 406 valence electrons. The van der Waals surface area contributed by atoms with Gasteiger partial charge in [0.25, 0.3) is 0 Å². The second kappa shape index (κ2) is 31.8. The quantitative estimate of drug-likeness (QED) is 0.0651. The van der Waals surface area contributed by atoms with Crippen molar-refractivity contribution >= 4 is 0 Å². The van der Waals surface area contributed by atoms with E-state index < -0.39 is 0 Å². The Kier molecular flexibility index (Phi) is 26.8. The van der Waals surface area contributed by atoms with Gasteiger partial charge in [-0.05, 0) is 74.5 Å². The van der Waals surface area contributed by atoms with E-state index in [1.807, 2.05) is 18.2 Å². The lowest BCUT2D eigenvalue weighted by molar-refractivity contribution is -0.153. The van der Waals surface area contributed by atoms with Gasteiger partial charge in [0, 0.05) is 52.3 Å². The fraction of sp³-hybridized carbons (Fsp3) is 0.797. The van der Waals surface area contributed by atoms with Crippen LogP contribution < -0.4 is 0 Å². The fourth-order valence-corrected chi connectivity index (χ4v) is 8.66. The molecule has 12 nitrogen and oxygen atoms in total. The minimum atomic E-state index is 0.258. The maximum absolute atomic E-state index is 5.90. The molecule has 6 fully saturated rings. The van der Waals surface area contributed by atoms with Crippen LogP contribution in [0.25, 0.3) is 0 Å². The van der Waals surface area contributed by atoms with Gasteiger partial charge in [0.2, 0.25) is 0 Å². The summed E-state index contributed by atoms with van der Waals surface area (Å²) in [6, 6.07) is 18.8. The molecule has 12 heteroatoms. The zero-order chi connectivity index (χ0) is 50.6. The van der Waals surface area contributed by atoms with Crippen molar-refractivity contribution in [2.24, 2.45) is 32.5 Å². The van der Waals surface area contributed by atoms with E-state index in [0.717, 1.165) is 184 Å². The zero-order valence-corrected chi connectivity index (χ0v) is 45.6. The van der Waals surface area contributed by atoms with Crippen LogP contribution in [-0.2, 0) is 76.7 Å². The molecule has 6 aliphatic heterocycles. The third-order valence-electron chi connectivity index (χ3n) is 16.0. The van der Waals surface area contributed by atoms with Crippen molar-refractivity contribution in [3.63, 3.8) is 0 Å². The predicted octanol–water partition coefficient (Wildman–Crippen LogP) is 11.1. The molecule has 0 amide bonds. The van der Waals surface area contributed by atoms with Gasteiger partial charge in [0.05, 0.1) is 139 Å². The molecule has 2 aromatic rings. The van der Waals surface area contributed by atoms with Gasteiger partial charge in [0.1, 0.15) is 0 Å². The number of rotatable bonds is 32. The van der Waals surface area contributed by atoms with E-state index in [1.54, 1.807) is 0 Å². The Morgan fingerprint density at radius 2 is 0.549 bits per heavy atom. The van der Waals surface area contributed by atoms with Gasteiger partial charge in [-0.2, -0.15) is 0 Å². The van der Waals surface area contributed by atoms with Gasteiger partial charge in [-0.15, -0.1) is 0 Å². The molecule has 0 aromatic heterocycles. The summed E-state index contributed by atoms with van der Waals surface area (Å²) in [6.07, 6.45) is 11.4. The molecular formula is C59H98O12. The lowest BCUT2D eigenvalue weighted by Gasteiger charge is -2.40. The molecule has 0 aliphatic carbocycles. The van der Waals surface area contributed by atoms with Crippen molar-refractivity contribution in [1.82, 2.24) is 0 Å². The van der Waals surface area contributed by atoms with Crippen LogP contribution in [0.1, 0.15) is 129 Å². The van der Waals surface area contributed by atoms with E-state index in [1.165, 1.54) is 36.0 Å². The number of benzene rings is 2. The smallest absolute Gasteiger partial charge is 0.0717 e. The van der Waals surface area contributed by atoms with Crippen LogP contribution >= 0.6 is 0 Å². The van der Waals surface area contributed by atoms with Gasteiger partial charge < -0.3 is 56.8 Å². The lowest BCUT2D eigenvalue weighted by atomic mass is 9.84. The maximum atomic E-state index is 5.90. The Morgan fingerprint density at radius 1 is 0.310 bits per heavy atom. The van der Waals surface area contributed by atoms with Gasteiger partial charge in [-0.3, -0.25) is 0 Å². The Morgan fingerprint density at radius 3 is 0.775 bits per heavy atom. The SMILES string of the molecule is CCC1(COCCCCOCC2(CC)COC2)COC1.CCC1(COCc2ccc(COCC3(CC)COC3)cc2)COC1.CCC1(COCc2ccccc2)COC1.CCCCOCC1(CC)COC1. The number of ether oxygens (including phenoxy) is 12. The van der Waals surface area contributed by atoms with E-state index in [0.29, 0.717) is 41.5 Å². The molecule has 0 unspecified atom stereocenters. The molecule has 6 saturated heterocycles. The van der Waals surface area contributed by atoms with Crippen LogP contribution in [-0.4, -0.2) is 139 Å². The molecular weight excluding hydrogens is 901 g/mol. The number of unbranched alkanes of at least 4 members (excludes halogenated alkanes) is 2. The standard InChI is InChI=1S/C20H30O4.C16H30O4.C13H18O2.C10H20O2/c1-3-19(13-23-14-19)11-21-9-17-5-7-18(8-6-17)10-22-12-20(4-2)15-24-16-20;1-3-15(11-19-12-15)9-17-7-5-6-8-18-10-16(4-2)13-20-14-16;1-2-13(10-15-11-13)9-14-8-12-6-4-3-5-7-12;1-3-5-6-11-7-10(4-2)8-12-9-10/h5-8H,3-4,9-16H2,1-2H3;3-14H2,1-2H3;3-7H,2,8-11H2,1H3;3-9H2,1-2H3. The van der Waals surface area contributed by atoms with E-state index >= 15 is 0 Å². The first-order chi connectivity index (χ1) is 34.6. The third kappa shape index (κ3) is 19.6. The summed E-state index contributed by atoms with van der Waals surface area (Å²) in [7, 11) is 0. The monoisotopic (exact) mass is 999 g/mol. The van der Waals surface area contributed by atoms with E-state index in [2.05, 4.69) is 84.9 Å². The minimum absolute atomic E-state index is 0.258. The molecule has 0 atom stereocenters. The number of hydrogen-bond acceptors (Lipinski definition) is 12. The van der Waals surface area contributed by atoms with E-state index in [-0.39, 0.29) is 10.8 Å². The summed E-state index contributed by atoms with van der Waals surface area (Å²) < 4.78 is 66.4. The first kappa shape index (κ1) is 59.8. The second-order valence-electron chi connectivity index (χ2n) is 22.1. The Labute approximate surface area is 430 Å². The van der Waals surface area contributed by atoms with Gasteiger partial charge in [-0.1, -0.05) is 109 Å². The van der Waals surface area contributed by atoms with Crippen molar-refractivity contribution in [3.05, 3.63) is 71.3 Å². The summed E-state index contributed by atoms with van der Waals surface area (Å²) in [5.41, 5.74) is 5.47. The molecule has 0 bridgehead atoms. The Bertz CT molecular complexity index is 1540. The van der Waals surface area contributed by atoms with Crippen LogP contribution in [0.3, 0.4) is 0 Å². The highest BCUT2D eigenvalue weighted by Crippen LogP contribution is 2.35. The molecule has 0 saturated carbocycles. The summed E-state index contributed by atoms with van der Waals surface area (Å²) >= 11 is 0. The van der Waals surface area contributed by atoms with Crippen molar-refractivity contribution < 1.29 is 56.8 Å². The molecule has 0 radical (unpaired) electrons. The normalized spacial score (nSPS) is 21.0. The third-order valence-corrected chi connectivity index (χ3v) is 16.0. The zero-order valence-electron chi connectivity index (χ0n) is 45.6. The van der Waals surface area contributed by atoms with E-state index in [4.69, 9.17) is 56.8 Å². The van der Waals surface area contributed by atoms with Gasteiger partial charge >= 0.3 is 0 Å². The van der Waals surface area contributed by atoms with Crippen LogP contribution in [0.5, 0.6) is 0 Å². The van der Waals surface area contributed by atoms with Gasteiger partial charge in [0.15, 0.2) is 0 Å². The average molecular weight is 999 g/mol. The largest absolute Gasteiger partial charge is 0.381 e. The maximum Gasteiger partial charge on any atom is 0.0717 e. The Balaban J connectivity index is 0.000000182. The summed E-state index contributed by atoms with van der Waals surface area (Å²) in [6.45, 7) is 35.4. The van der Waals surface area contributed by atoms with Crippen molar-refractivity contribution in [2.45, 2.75) is 132 Å². The van der Waals surface area contributed by atoms with Crippen molar-refractivity contribution in [2.75, 3.05) is 139 Å². The van der Waals surface area contributed by atoms with Crippen molar-refractivity contribution in [3.8, 4) is 0 Å². The first-order valence-corrected chi connectivity index (χ1v) is 27.7. The minimum Gasteiger partial charge on any atom is -0.381 e. The topological polar surface area (TPSA) is 111 Å². The van der Waals surface area contributed by atoms with Crippen LogP contribution in [0, 0.1) is 32.5 Å². The van der Waals surface area contributed by atoms with Gasteiger partial charge in [-0.25, -0.2) is 0 Å². The van der Waals surface area contributed by atoms with Crippen LogP contribution in [0.2, 0.25) is 0 Å². The molecule has 6 aliphatic rings. The predicted molar refractivity (Wildman–Crippen MR) is 280 cm³/mol. The molecule has 71 heavy (non-hydrogen) atoms. The molecule has 0 N–H and O–H groups in total. The Hall–Kier alpha value is -2.04. The second-order valence-corrected chi connectivity index (χ2v) is 22.1. The highest BCUT2D eigenvalue weighted by Gasteiger charge is 2.40. The van der Waals surface area contributed by atoms with Crippen LogP contribution in [0.4, 0.5) is 0 Å². The highest BCUT2D eigenvalue weighted by molar-refractivity contribution is 5.21. The summed E-state index contributed by atoms with van der Waals surface area (Å²) in [5, 5.41) is 0. The first-order valence-electron chi connectivity index (χ1n) is 27.7. The van der Waals surface area contributed by atoms with Crippen LogP contribution in [0.15, 0.2) is 54.6 Å². The van der Waals surface area contributed by atoms with E-state index in [9.17, 15) is 0 Å². The number of hydrogen-bond donors (Lipinski definition) is 0. The molecule has 0 spiro atoms.